The van der Waals surface area contributed by atoms with E-state index in [0.29, 0.717) is 11.5 Å². The van der Waals surface area contributed by atoms with Crippen LogP contribution in [0.4, 0.5) is 34.1 Å². The highest BCUT2D eigenvalue weighted by atomic mass is 16.5. The zero-order valence-electron chi connectivity index (χ0n) is 34.6. The van der Waals surface area contributed by atoms with E-state index in [-0.39, 0.29) is 0 Å². The maximum atomic E-state index is 11.6. The van der Waals surface area contributed by atoms with Crippen molar-refractivity contribution in [1.82, 2.24) is 0 Å². The molecule has 0 aliphatic carbocycles. The van der Waals surface area contributed by atoms with E-state index >= 15 is 0 Å². The van der Waals surface area contributed by atoms with Gasteiger partial charge in [0.05, 0.1) is 0 Å². The third-order valence-corrected chi connectivity index (χ3v) is 10.6. The van der Waals surface area contributed by atoms with E-state index in [2.05, 4.69) is 182 Å². The van der Waals surface area contributed by atoms with Crippen LogP contribution in [0.15, 0.2) is 219 Å². The lowest BCUT2D eigenvalue weighted by molar-refractivity contribution is -0.129. The minimum atomic E-state index is -0.484. The first kappa shape index (κ1) is 40.6. The van der Waals surface area contributed by atoms with Gasteiger partial charge in [0.2, 0.25) is 0 Å². The van der Waals surface area contributed by atoms with Crippen molar-refractivity contribution in [2.45, 2.75) is 13.8 Å². The Morgan fingerprint density at radius 3 is 0.742 bits per heavy atom. The van der Waals surface area contributed by atoms with Gasteiger partial charge in [-0.15, -0.1) is 0 Å². The van der Waals surface area contributed by atoms with Crippen molar-refractivity contribution < 1.29 is 19.1 Å². The molecule has 0 saturated heterocycles. The van der Waals surface area contributed by atoms with Crippen LogP contribution in [0.3, 0.4) is 0 Å². The van der Waals surface area contributed by atoms with Gasteiger partial charge in [0, 0.05) is 46.3 Å². The first-order valence-corrected chi connectivity index (χ1v) is 20.3. The van der Waals surface area contributed by atoms with E-state index in [0.717, 1.165) is 79.7 Å². The summed E-state index contributed by atoms with van der Waals surface area (Å²) in [4.78, 5) is 27.8. The molecule has 8 aromatic carbocycles. The van der Waals surface area contributed by atoms with E-state index in [4.69, 9.17) is 9.47 Å². The Labute approximate surface area is 362 Å². The number of anilines is 6. The molecule has 62 heavy (non-hydrogen) atoms. The van der Waals surface area contributed by atoms with Crippen LogP contribution in [0.1, 0.15) is 11.1 Å². The molecule has 8 rings (SSSR count). The van der Waals surface area contributed by atoms with E-state index < -0.39 is 11.9 Å². The predicted molar refractivity (Wildman–Crippen MR) is 253 cm³/mol. The minimum Gasteiger partial charge on any atom is -0.423 e. The summed E-state index contributed by atoms with van der Waals surface area (Å²) in [6.45, 7) is 11.1. The van der Waals surface area contributed by atoms with Crippen molar-refractivity contribution in [3.05, 3.63) is 231 Å². The van der Waals surface area contributed by atoms with Gasteiger partial charge in [-0.25, -0.2) is 9.59 Å². The van der Waals surface area contributed by atoms with Crippen molar-refractivity contribution in [3.63, 3.8) is 0 Å². The lowest BCUT2D eigenvalue weighted by atomic mass is 10.0. The standard InChI is InChI=1S/C56H44N2O4/c1-5-55(59)61-53-35-19-45(20-36-53)43-15-31-51(32-16-43)57(47-23-7-39(3)8-24-47)49-27-11-41(12-28-49)42-13-29-50(30-14-42)58(48-25-9-40(4)10-26-48)52-33-17-44(18-34-52)46-21-37-54(38-22-46)62-56(60)6-2/h5-38H,1-2H2,3-4H3. The fourth-order valence-corrected chi connectivity index (χ4v) is 7.24. The fraction of sp³-hybridized carbons (Fsp3) is 0.0357. The minimum absolute atomic E-state index is 0.475. The number of hydrogen-bond donors (Lipinski definition) is 0. The van der Waals surface area contributed by atoms with E-state index in [1.165, 1.54) is 11.1 Å². The van der Waals surface area contributed by atoms with Gasteiger partial charge in [0.1, 0.15) is 11.5 Å². The highest BCUT2D eigenvalue weighted by molar-refractivity contribution is 5.85. The van der Waals surface area contributed by atoms with E-state index in [9.17, 15) is 9.59 Å². The molecule has 0 spiro atoms. The maximum Gasteiger partial charge on any atom is 0.335 e. The van der Waals surface area contributed by atoms with Gasteiger partial charge in [-0.1, -0.05) is 121 Å². The fourth-order valence-electron chi connectivity index (χ4n) is 7.24. The Morgan fingerprint density at radius 2 is 0.532 bits per heavy atom. The normalized spacial score (nSPS) is 10.7. The lowest BCUT2D eigenvalue weighted by Crippen LogP contribution is -2.10. The maximum absolute atomic E-state index is 11.6. The first-order valence-electron chi connectivity index (χ1n) is 20.3. The summed E-state index contributed by atoms with van der Waals surface area (Å²) in [7, 11) is 0. The van der Waals surface area contributed by atoms with E-state index in [1.54, 1.807) is 24.3 Å². The third kappa shape index (κ3) is 9.31. The molecular weight excluding hydrogens is 765 g/mol. The Morgan fingerprint density at radius 1 is 0.339 bits per heavy atom. The van der Waals surface area contributed by atoms with Gasteiger partial charge in [0.15, 0.2) is 0 Å². The number of hydrogen-bond acceptors (Lipinski definition) is 6. The van der Waals surface area contributed by atoms with Crippen LogP contribution >= 0.6 is 0 Å². The molecule has 0 unspecified atom stereocenters. The molecule has 8 aromatic rings. The number of aryl methyl sites for hydroxylation is 2. The van der Waals surface area contributed by atoms with Gasteiger partial charge in [-0.05, 0) is 144 Å². The number of ether oxygens (including phenoxy) is 2. The molecule has 0 aliphatic heterocycles. The van der Waals surface area contributed by atoms with Crippen LogP contribution in [0, 0.1) is 13.8 Å². The van der Waals surface area contributed by atoms with Crippen molar-refractivity contribution >= 4 is 46.1 Å². The lowest BCUT2D eigenvalue weighted by Gasteiger charge is -2.26. The van der Waals surface area contributed by atoms with Crippen molar-refractivity contribution in [2.75, 3.05) is 9.80 Å². The summed E-state index contributed by atoms with van der Waals surface area (Å²) < 4.78 is 10.5. The molecule has 0 atom stereocenters. The number of rotatable bonds is 13. The number of nitrogens with zero attached hydrogens (tertiary/aromatic N) is 2. The summed E-state index contributed by atoms with van der Waals surface area (Å²) in [6, 6.07) is 66.3. The van der Waals surface area contributed by atoms with Crippen LogP contribution < -0.4 is 19.3 Å². The average Bonchev–Trinajstić information content (AvgIpc) is 3.32. The molecule has 0 radical (unpaired) electrons. The Hall–Kier alpha value is -8.22. The van der Waals surface area contributed by atoms with Crippen molar-refractivity contribution in [1.29, 1.82) is 0 Å². The Bertz CT molecular complexity index is 2610. The van der Waals surface area contributed by atoms with Crippen LogP contribution in [0.2, 0.25) is 0 Å². The number of carbonyl (C=O) groups excluding carboxylic acids is 2. The Kier molecular flexibility index (Phi) is 12.0. The number of carbonyl (C=O) groups is 2. The second kappa shape index (κ2) is 18.4. The molecular formula is C56H44N2O4. The second-order valence-corrected chi connectivity index (χ2v) is 14.8. The van der Waals surface area contributed by atoms with Gasteiger partial charge >= 0.3 is 11.9 Å². The van der Waals surface area contributed by atoms with Gasteiger partial charge < -0.3 is 19.3 Å². The zero-order chi connectivity index (χ0) is 43.0. The first-order chi connectivity index (χ1) is 30.2. The highest BCUT2D eigenvalue weighted by Crippen LogP contribution is 2.39. The molecule has 6 nitrogen and oxygen atoms in total. The quantitative estimate of drug-likeness (QED) is 0.0657. The summed E-state index contributed by atoms with van der Waals surface area (Å²) >= 11 is 0. The van der Waals surface area contributed by atoms with Crippen LogP contribution in [0.5, 0.6) is 11.5 Å². The molecule has 0 amide bonds. The molecule has 0 aliphatic rings. The molecule has 0 bridgehead atoms. The molecule has 0 aromatic heterocycles. The second-order valence-electron chi connectivity index (χ2n) is 14.8. The van der Waals surface area contributed by atoms with E-state index in [1.807, 2.05) is 24.3 Å². The smallest absolute Gasteiger partial charge is 0.335 e. The number of benzene rings is 8. The SMILES string of the molecule is C=CC(=O)Oc1ccc(-c2ccc(N(c3ccc(C)cc3)c3ccc(-c4ccc(N(c5ccc(C)cc5)c5ccc(-c6ccc(OC(=O)C=C)cc6)cc5)cc4)cc3)cc2)cc1. The zero-order valence-corrected chi connectivity index (χ0v) is 34.6. The Balaban J connectivity index is 1.04. The summed E-state index contributed by atoms with van der Waals surface area (Å²) in [5.74, 6) is -0.0183. The predicted octanol–water partition coefficient (Wildman–Crippen LogP) is 14.4. The molecule has 0 fully saturated rings. The topological polar surface area (TPSA) is 59.1 Å². The molecule has 0 saturated carbocycles. The van der Waals surface area contributed by atoms with Crippen LogP contribution in [-0.2, 0) is 9.59 Å². The summed E-state index contributed by atoms with van der Waals surface area (Å²) in [5, 5.41) is 0. The average molecular weight is 809 g/mol. The molecule has 302 valence electrons. The third-order valence-electron chi connectivity index (χ3n) is 10.6. The molecule has 0 N–H and O–H groups in total. The monoisotopic (exact) mass is 808 g/mol. The number of esters is 2. The van der Waals surface area contributed by atoms with Gasteiger partial charge in [0.25, 0.3) is 0 Å². The summed E-state index contributed by atoms with van der Waals surface area (Å²) in [6.07, 6.45) is 2.30. The van der Waals surface area contributed by atoms with Crippen LogP contribution in [0.25, 0.3) is 33.4 Å². The largest absolute Gasteiger partial charge is 0.423 e. The highest BCUT2D eigenvalue weighted by Gasteiger charge is 2.16. The summed E-state index contributed by atoms with van der Waals surface area (Å²) in [5.41, 5.74) is 15.0. The molecule has 6 heteroatoms. The van der Waals surface area contributed by atoms with Crippen LogP contribution in [-0.4, -0.2) is 11.9 Å². The van der Waals surface area contributed by atoms with Gasteiger partial charge in [-0.2, -0.15) is 0 Å². The van der Waals surface area contributed by atoms with Gasteiger partial charge in [-0.3, -0.25) is 0 Å². The molecule has 0 heterocycles. The van der Waals surface area contributed by atoms with Crippen molar-refractivity contribution in [2.24, 2.45) is 0 Å². The van der Waals surface area contributed by atoms with Crippen molar-refractivity contribution in [3.8, 4) is 44.9 Å².